The minimum atomic E-state index is 0.0629. The number of nitrogens with one attached hydrogen (secondary N) is 1. The number of aromatic nitrogens is 4. The highest BCUT2D eigenvalue weighted by Crippen LogP contribution is 2.27. The molecule has 0 saturated carbocycles. The summed E-state index contributed by atoms with van der Waals surface area (Å²) in [5.41, 5.74) is 3.24. The molecule has 0 amide bonds. The zero-order chi connectivity index (χ0) is 13.9. The fourth-order valence-corrected chi connectivity index (χ4v) is 2.51. The molecule has 5 heteroatoms. The first-order chi connectivity index (χ1) is 9.81. The van der Waals surface area contributed by atoms with Gasteiger partial charge in [-0.2, -0.15) is 0 Å². The van der Waals surface area contributed by atoms with Gasteiger partial charge in [0.1, 0.15) is 0 Å². The second-order valence-electron chi connectivity index (χ2n) is 4.69. The van der Waals surface area contributed by atoms with Crippen LogP contribution in [0, 0.1) is 0 Å². The Morgan fingerprint density at radius 2 is 2.10 bits per heavy atom. The van der Waals surface area contributed by atoms with Gasteiger partial charge in [0.15, 0.2) is 0 Å². The molecule has 102 valence electrons. The Bertz CT molecular complexity index is 714. The van der Waals surface area contributed by atoms with Crippen LogP contribution in [0.15, 0.2) is 42.7 Å². The van der Waals surface area contributed by atoms with E-state index in [-0.39, 0.29) is 6.04 Å². The van der Waals surface area contributed by atoms with Crippen molar-refractivity contribution in [2.75, 3.05) is 6.54 Å². The maximum absolute atomic E-state index is 4.42. The lowest BCUT2D eigenvalue weighted by atomic mass is 10.00. The maximum Gasteiger partial charge on any atom is 0.0798 e. The highest BCUT2D eigenvalue weighted by Gasteiger charge is 2.19. The molecule has 3 aromatic rings. The molecule has 1 N–H and O–H groups in total. The van der Waals surface area contributed by atoms with Crippen LogP contribution in [-0.4, -0.2) is 26.5 Å². The smallest absolute Gasteiger partial charge is 0.0798 e. The Hall–Kier alpha value is -2.27. The van der Waals surface area contributed by atoms with Gasteiger partial charge in [0.2, 0.25) is 0 Å². The van der Waals surface area contributed by atoms with Crippen LogP contribution in [0.25, 0.3) is 10.9 Å². The summed E-state index contributed by atoms with van der Waals surface area (Å²) >= 11 is 0. The number of para-hydroxylation sites is 1. The minimum Gasteiger partial charge on any atom is -0.305 e. The molecule has 0 aliphatic carbocycles. The lowest BCUT2D eigenvalue weighted by Crippen LogP contribution is -2.24. The third-order valence-electron chi connectivity index (χ3n) is 3.45. The Morgan fingerprint density at radius 3 is 2.85 bits per heavy atom. The van der Waals surface area contributed by atoms with Crippen molar-refractivity contribution >= 4 is 10.9 Å². The van der Waals surface area contributed by atoms with Gasteiger partial charge in [-0.05, 0) is 24.2 Å². The summed E-state index contributed by atoms with van der Waals surface area (Å²) in [5.74, 6) is 0. The molecule has 0 radical (unpaired) electrons. The monoisotopic (exact) mass is 267 g/mol. The number of rotatable bonds is 4. The highest BCUT2D eigenvalue weighted by atomic mass is 15.4. The Balaban J connectivity index is 2.17. The Kier molecular flexibility index (Phi) is 3.43. The summed E-state index contributed by atoms with van der Waals surface area (Å²) in [6, 6.07) is 10.3. The molecule has 2 aromatic heterocycles. The molecule has 0 saturated heterocycles. The number of hydrogen-bond acceptors (Lipinski definition) is 4. The van der Waals surface area contributed by atoms with E-state index in [0.29, 0.717) is 0 Å². The Morgan fingerprint density at radius 1 is 1.25 bits per heavy atom. The summed E-state index contributed by atoms with van der Waals surface area (Å²) in [5, 5.41) is 12.7. The summed E-state index contributed by atoms with van der Waals surface area (Å²) in [6.45, 7) is 2.96. The molecule has 1 atom stereocenters. The van der Waals surface area contributed by atoms with Crippen molar-refractivity contribution in [1.29, 1.82) is 0 Å². The molecule has 1 aromatic carbocycles. The first kappa shape index (κ1) is 12.7. The van der Waals surface area contributed by atoms with Gasteiger partial charge in [-0.25, -0.2) is 0 Å². The molecular formula is C15H17N5. The van der Waals surface area contributed by atoms with Gasteiger partial charge >= 0.3 is 0 Å². The van der Waals surface area contributed by atoms with Crippen molar-refractivity contribution < 1.29 is 0 Å². The molecule has 2 heterocycles. The van der Waals surface area contributed by atoms with Gasteiger partial charge in [-0.15, -0.1) is 5.10 Å². The zero-order valence-corrected chi connectivity index (χ0v) is 11.6. The standard InChI is InChI=1S/C15H17N5/c1-3-16-15(14-10-18-19-20(14)2)12-8-9-17-13-7-5-4-6-11(12)13/h4-10,15-16H,3H2,1-2H3. The van der Waals surface area contributed by atoms with Gasteiger partial charge < -0.3 is 5.32 Å². The van der Waals surface area contributed by atoms with E-state index >= 15 is 0 Å². The van der Waals surface area contributed by atoms with E-state index in [2.05, 4.69) is 39.7 Å². The van der Waals surface area contributed by atoms with Crippen LogP contribution in [0.5, 0.6) is 0 Å². The van der Waals surface area contributed by atoms with E-state index in [9.17, 15) is 0 Å². The summed E-state index contributed by atoms with van der Waals surface area (Å²) < 4.78 is 1.81. The van der Waals surface area contributed by atoms with Crippen molar-refractivity contribution in [3.05, 3.63) is 54.0 Å². The van der Waals surface area contributed by atoms with Crippen LogP contribution in [0.2, 0.25) is 0 Å². The minimum absolute atomic E-state index is 0.0629. The van der Waals surface area contributed by atoms with Gasteiger partial charge in [-0.1, -0.05) is 30.3 Å². The molecule has 5 nitrogen and oxygen atoms in total. The number of pyridine rings is 1. The van der Waals surface area contributed by atoms with Crippen molar-refractivity contribution in [1.82, 2.24) is 25.3 Å². The molecule has 0 aliphatic rings. The van der Waals surface area contributed by atoms with E-state index < -0.39 is 0 Å². The van der Waals surface area contributed by atoms with Crippen molar-refractivity contribution in [3.8, 4) is 0 Å². The van der Waals surface area contributed by atoms with Crippen LogP contribution >= 0.6 is 0 Å². The van der Waals surface area contributed by atoms with Crippen LogP contribution in [-0.2, 0) is 7.05 Å². The molecule has 0 bridgehead atoms. The van der Waals surface area contributed by atoms with Crippen molar-refractivity contribution in [3.63, 3.8) is 0 Å². The topological polar surface area (TPSA) is 55.6 Å². The average Bonchev–Trinajstić information content (AvgIpc) is 2.90. The first-order valence-electron chi connectivity index (χ1n) is 6.73. The van der Waals surface area contributed by atoms with Crippen molar-refractivity contribution in [2.24, 2.45) is 7.05 Å². The van der Waals surface area contributed by atoms with E-state index in [0.717, 1.165) is 23.1 Å². The normalized spacial score (nSPS) is 12.7. The SMILES string of the molecule is CCNC(c1ccnc2ccccc12)c1cnnn1C. The van der Waals surface area contributed by atoms with Crippen LogP contribution in [0.3, 0.4) is 0 Å². The second kappa shape index (κ2) is 5.38. The van der Waals surface area contributed by atoms with E-state index in [1.165, 1.54) is 5.56 Å². The van der Waals surface area contributed by atoms with Gasteiger partial charge in [0.05, 0.1) is 23.4 Å². The molecule has 1 unspecified atom stereocenters. The molecular weight excluding hydrogens is 250 g/mol. The summed E-state index contributed by atoms with van der Waals surface area (Å²) in [7, 11) is 1.91. The Labute approximate surface area is 117 Å². The maximum atomic E-state index is 4.42. The molecule has 3 rings (SSSR count). The lowest BCUT2D eigenvalue weighted by Gasteiger charge is -2.19. The van der Waals surface area contributed by atoms with Crippen LogP contribution in [0.1, 0.15) is 24.2 Å². The lowest BCUT2D eigenvalue weighted by molar-refractivity contribution is 0.570. The molecule has 20 heavy (non-hydrogen) atoms. The second-order valence-corrected chi connectivity index (χ2v) is 4.69. The van der Waals surface area contributed by atoms with Gasteiger partial charge in [0, 0.05) is 18.6 Å². The largest absolute Gasteiger partial charge is 0.305 e. The average molecular weight is 267 g/mol. The predicted molar refractivity (Wildman–Crippen MR) is 78.3 cm³/mol. The number of hydrogen-bond donors (Lipinski definition) is 1. The number of fused-ring (bicyclic) bond motifs is 1. The van der Waals surface area contributed by atoms with Gasteiger partial charge in [0.25, 0.3) is 0 Å². The third-order valence-corrected chi connectivity index (χ3v) is 3.45. The van der Waals surface area contributed by atoms with E-state index in [1.54, 1.807) is 0 Å². The quantitative estimate of drug-likeness (QED) is 0.786. The molecule has 0 spiro atoms. The van der Waals surface area contributed by atoms with Crippen LogP contribution < -0.4 is 5.32 Å². The van der Waals surface area contributed by atoms with E-state index in [4.69, 9.17) is 0 Å². The fraction of sp³-hybridized carbons (Fsp3) is 0.267. The molecule has 0 fully saturated rings. The fourth-order valence-electron chi connectivity index (χ4n) is 2.51. The number of nitrogens with zero attached hydrogens (tertiary/aromatic N) is 4. The van der Waals surface area contributed by atoms with Gasteiger partial charge in [-0.3, -0.25) is 9.67 Å². The van der Waals surface area contributed by atoms with Crippen molar-refractivity contribution in [2.45, 2.75) is 13.0 Å². The summed E-state index contributed by atoms with van der Waals surface area (Å²) in [4.78, 5) is 4.42. The summed E-state index contributed by atoms with van der Waals surface area (Å²) in [6.07, 6.45) is 3.66. The van der Waals surface area contributed by atoms with E-state index in [1.807, 2.05) is 42.3 Å². The van der Waals surface area contributed by atoms with Crippen LogP contribution in [0.4, 0.5) is 0 Å². The first-order valence-corrected chi connectivity index (χ1v) is 6.73. The number of benzene rings is 1. The predicted octanol–water partition coefficient (Wildman–Crippen LogP) is 2.06. The molecule has 0 aliphatic heterocycles. The third kappa shape index (κ3) is 2.16. The number of aryl methyl sites for hydroxylation is 1. The highest BCUT2D eigenvalue weighted by molar-refractivity contribution is 5.82. The zero-order valence-electron chi connectivity index (χ0n) is 11.6.